The van der Waals surface area contributed by atoms with E-state index in [1.165, 1.54) is 5.56 Å². The lowest BCUT2D eigenvalue weighted by atomic mass is 10.0. The number of rotatable bonds is 8. The Hall–Kier alpha value is -1.72. The van der Waals surface area contributed by atoms with Gasteiger partial charge in [0, 0.05) is 25.7 Å². The number of nitrogens with zero attached hydrogens (tertiary/aromatic N) is 2. The maximum absolute atomic E-state index is 5.38. The molecule has 1 N–H and O–H groups in total. The van der Waals surface area contributed by atoms with Crippen LogP contribution in [0.4, 0.5) is 0 Å². The molecule has 1 aromatic carbocycles. The predicted molar refractivity (Wildman–Crippen MR) is 77.6 cm³/mol. The van der Waals surface area contributed by atoms with Crippen molar-refractivity contribution in [2.45, 2.75) is 19.3 Å². The van der Waals surface area contributed by atoms with Gasteiger partial charge in [0.15, 0.2) is 5.82 Å². The smallest absolute Gasteiger partial charge is 0.258 e. The third-order valence-electron chi connectivity index (χ3n) is 3.11. The van der Waals surface area contributed by atoms with Crippen LogP contribution >= 0.6 is 0 Å². The van der Waals surface area contributed by atoms with Gasteiger partial charge in [-0.25, -0.2) is 0 Å². The standard InChI is InChI=1S/C15H21N3O2/c1-16-10-9-12-6-3-4-7-13(12)15-17-14(18-20-15)8-5-11-19-2/h3-4,6-7,16H,5,8-11H2,1-2H3. The number of methoxy groups -OCH3 is 1. The van der Waals surface area contributed by atoms with Gasteiger partial charge in [0.2, 0.25) is 0 Å². The second-order valence-corrected chi connectivity index (χ2v) is 4.62. The van der Waals surface area contributed by atoms with Gasteiger partial charge in [-0.2, -0.15) is 4.98 Å². The Labute approximate surface area is 119 Å². The zero-order valence-electron chi connectivity index (χ0n) is 12.1. The predicted octanol–water partition coefficient (Wildman–Crippen LogP) is 2.08. The number of hydrogen-bond donors (Lipinski definition) is 1. The SMILES string of the molecule is CNCCc1ccccc1-c1nc(CCCOC)no1. The summed E-state index contributed by atoms with van der Waals surface area (Å²) in [6, 6.07) is 8.15. The zero-order valence-corrected chi connectivity index (χ0v) is 12.1. The number of aromatic nitrogens is 2. The van der Waals surface area contributed by atoms with Crippen LogP contribution in [-0.2, 0) is 17.6 Å². The van der Waals surface area contributed by atoms with Crippen LogP contribution in [0.1, 0.15) is 17.8 Å². The maximum Gasteiger partial charge on any atom is 0.258 e. The first-order chi connectivity index (χ1) is 9.85. The maximum atomic E-state index is 5.38. The Kier molecular flexibility index (Phi) is 5.70. The molecule has 0 atom stereocenters. The summed E-state index contributed by atoms with van der Waals surface area (Å²) in [5.41, 5.74) is 2.24. The molecule has 0 radical (unpaired) electrons. The van der Waals surface area contributed by atoms with Crippen LogP contribution in [0.2, 0.25) is 0 Å². The Balaban J connectivity index is 2.11. The van der Waals surface area contributed by atoms with Crippen LogP contribution in [0, 0.1) is 0 Å². The number of likely N-dealkylation sites (N-methyl/N-ethyl adjacent to an activating group) is 1. The summed E-state index contributed by atoms with van der Waals surface area (Å²) >= 11 is 0. The van der Waals surface area contributed by atoms with Gasteiger partial charge in [-0.1, -0.05) is 23.4 Å². The Morgan fingerprint density at radius 1 is 1.25 bits per heavy atom. The highest BCUT2D eigenvalue weighted by molar-refractivity contribution is 5.58. The van der Waals surface area contributed by atoms with E-state index >= 15 is 0 Å². The molecule has 0 aliphatic heterocycles. The molecule has 0 spiro atoms. The lowest BCUT2D eigenvalue weighted by Gasteiger charge is -2.05. The highest BCUT2D eigenvalue weighted by atomic mass is 16.5. The average molecular weight is 275 g/mol. The molecule has 5 nitrogen and oxygen atoms in total. The van der Waals surface area contributed by atoms with Gasteiger partial charge in [0.25, 0.3) is 5.89 Å². The van der Waals surface area contributed by atoms with Crippen molar-refractivity contribution in [2.75, 3.05) is 27.3 Å². The summed E-state index contributed by atoms with van der Waals surface area (Å²) in [6.07, 6.45) is 2.61. The Bertz CT molecular complexity index is 525. The van der Waals surface area contributed by atoms with Crippen LogP contribution in [0.25, 0.3) is 11.5 Å². The molecule has 1 aromatic heterocycles. The second-order valence-electron chi connectivity index (χ2n) is 4.62. The van der Waals surface area contributed by atoms with E-state index in [1.54, 1.807) is 7.11 Å². The fourth-order valence-corrected chi connectivity index (χ4v) is 2.05. The van der Waals surface area contributed by atoms with Gasteiger partial charge in [-0.15, -0.1) is 0 Å². The molecule has 0 saturated carbocycles. The van der Waals surface area contributed by atoms with Crippen LogP contribution in [-0.4, -0.2) is 37.4 Å². The fourth-order valence-electron chi connectivity index (χ4n) is 2.05. The van der Waals surface area contributed by atoms with Crippen molar-refractivity contribution in [1.29, 1.82) is 0 Å². The van der Waals surface area contributed by atoms with Crippen molar-refractivity contribution in [2.24, 2.45) is 0 Å². The van der Waals surface area contributed by atoms with Gasteiger partial charge < -0.3 is 14.6 Å². The summed E-state index contributed by atoms with van der Waals surface area (Å²) in [6.45, 7) is 1.63. The largest absolute Gasteiger partial charge is 0.385 e. The normalized spacial score (nSPS) is 10.9. The molecule has 108 valence electrons. The molecule has 5 heteroatoms. The van der Waals surface area contributed by atoms with E-state index in [0.717, 1.165) is 37.2 Å². The molecule has 0 fully saturated rings. The van der Waals surface area contributed by atoms with E-state index in [2.05, 4.69) is 21.5 Å². The summed E-state index contributed by atoms with van der Waals surface area (Å²) in [5.74, 6) is 1.34. The number of benzene rings is 1. The van der Waals surface area contributed by atoms with E-state index in [4.69, 9.17) is 9.26 Å². The van der Waals surface area contributed by atoms with Crippen LogP contribution in [0.3, 0.4) is 0 Å². The Morgan fingerprint density at radius 3 is 2.90 bits per heavy atom. The monoisotopic (exact) mass is 275 g/mol. The molecular weight excluding hydrogens is 254 g/mol. The number of hydrogen-bond acceptors (Lipinski definition) is 5. The van der Waals surface area contributed by atoms with Crippen molar-refractivity contribution in [3.05, 3.63) is 35.7 Å². The molecule has 0 unspecified atom stereocenters. The third kappa shape index (κ3) is 3.88. The van der Waals surface area contributed by atoms with E-state index in [9.17, 15) is 0 Å². The molecular formula is C15H21N3O2. The number of aryl methyl sites for hydroxylation is 1. The van der Waals surface area contributed by atoms with Crippen LogP contribution in [0.5, 0.6) is 0 Å². The summed E-state index contributed by atoms with van der Waals surface area (Å²) < 4.78 is 10.4. The van der Waals surface area contributed by atoms with E-state index < -0.39 is 0 Å². The summed E-state index contributed by atoms with van der Waals surface area (Å²) in [4.78, 5) is 4.47. The van der Waals surface area contributed by atoms with Gasteiger partial charge in [0.1, 0.15) is 0 Å². The first-order valence-corrected chi connectivity index (χ1v) is 6.89. The number of ether oxygens (including phenoxy) is 1. The minimum atomic E-state index is 0.601. The molecule has 2 aromatic rings. The minimum Gasteiger partial charge on any atom is -0.385 e. The van der Waals surface area contributed by atoms with Crippen LogP contribution in [0.15, 0.2) is 28.8 Å². The molecule has 0 saturated heterocycles. The zero-order chi connectivity index (χ0) is 14.2. The lowest BCUT2D eigenvalue weighted by Crippen LogP contribution is -2.10. The summed E-state index contributed by atoms with van der Waals surface area (Å²) in [7, 11) is 3.64. The molecule has 0 bridgehead atoms. The first-order valence-electron chi connectivity index (χ1n) is 6.89. The lowest BCUT2D eigenvalue weighted by molar-refractivity contribution is 0.194. The first kappa shape index (κ1) is 14.7. The molecule has 0 amide bonds. The molecule has 0 aliphatic rings. The quantitative estimate of drug-likeness (QED) is 0.747. The number of nitrogens with one attached hydrogen (secondary N) is 1. The van der Waals surface area contributed by atoms with E-state index in [1.807, 2.05) is 25.2 Å². The van der Waals surface area contributed by atoms with Gasteiger partial charge in [0.05, 0.1) is 0 Å². The molecule has 2 rings (SSSR count). The molecule has 20 heavy (non-hydrogen) atoms. The summed E-state index contributed by atoms with van der Waals surface area (Å²) in [5, 5.41) is 7.18. The van der Waals surface area contributed by atoms with E-state index in [-0.39, 0.29) is 0 Å². The fraction of sp³-hybridized carbons (Fsp3) is 0.467. The topological polar surface area (TPSA) is 60.2 Å². The van der Waals surface area contributed by atoms with Crippen molar-refractivity contribution >= 4 is 0 Å². The minimum absolute atomic E-state index is 0.601. The van der Waals surface area contributed by atoms with Crippen molar-refractivity contribution in [3.63, 3.8) is 0 Å². The van der Waals surface area contributed by atoms with E-state index in [0.29, 0.717) is 12.5 Å². The molecule has 1 heterocycles. The van der Waals surface area contributed by atoms with Crippen molar-refractivity contribution < 1.29 is 9.26 Å². The van der Waals surface area contributed by atoms with Gasteiger partial charge >= 0.3 is 0 Å². The highest BCUT2D eigenvalue weighted by Crippen LogP contribution is 2.22. The van der Waals surface area contributed by atoms with Crippen molar-refractivity contribution in [3.8, 4) is 11.5 Å². The molecule has 0 aliphatic carbocycles. The van der Waals surface area contributed by atoms with Gasteiger partial charge in [-0.05, 0) is 38.1 Å². The van der Waals surface area contributed by atoms with Crippen LogP contribution < -0.4 is 5.32 Å². The Morgan fingerprint density at radius 2 is 2.10 bits per heavy atom. The highest BCUT2D eigenvalue weighted by Gasteiger charge is 2.12. The second kappa shape index (κ2) is 7.77. The van der Waals surface area contributed by atoms with Crippen molar-refractivity contribution in [1.82, 2.24) is 15.5 Å². The third-order valence-corrected chi connectivity index (χ3v) is 3.11. The average Bonchev–Trinajstić information content (AvgIpc) is 2.94. The van der Waals surface area contributed by atoms with Gasteiger partial charge in [-0.3, -0.25) is 0 Å².